The van der Waals surface area contributed by atoms with Gasteiger partial charge in [-0.25, -0.2) is 0 Å². The molecule has 24 heavy (non-hydrogen) atoms. The fourth-order valence-electron chi connectivity index (χ4n) is 3.28. The highest BCUT2D eigenvalue weighted by molar-refractivity contribution is 5.96. The molecule has 0 aliphatic heterocycles. The van der Waals surface area contributed by atoms with E-state index in [4.69, 9.17) is 0 Å². The summed E-state index contributed by atoms with van der Waals surface area (Å²) in [5.74, 6) is -0.512. The quantitative estimate of drug-likeness (QED) is 0.641. The summed E-state index contributed by atoms with van der Waals surface area (Å²) in [6.07, 6.45) is 7.80. The molecular formula is C15H20N6O3. The minimum absolute atomic E-state index is 0.0568. The molecule has 9 heteroatoms. The normalized spacial score (nSPS) is 20.7. The van der Waals surface area contributed by atoms with Gasteiger partial charge in [-0.05, 0) is 25.3 Å². The third-order valence-electron chi connectivity index (χ3n) is 4.47. The van der Waals surface area contributed by atoms with Crippen LogP contribution in [0.5, 0.6) is 0 Å². The van der Waals surface area contributed by atoms with Gasteiger partial charge in [0, 0.05) is 12.4 Å². The molecule has 9 nitrogen and oxygen atoms in total. The molecular weight excluding hydrogens is 312 g/mol. The van der Waals surface area contributed by atoms with Crippen molar-refractivity contribution < 1.29 is 9.72 Å². The summed E-state index contributed by atoms with van der Waals surface area (Å²) in [4.78, 5) is 23.3. The van der Waals surface area contributed by atoms with Crippen LogP contribution in [-0.4, -0.2) is 36.9 Å². The van der Waals surface area contributed by atoms with Crippen molar-refractivity contribution in [2.45, 2.75) is 51.1 Å². The smallest absolute Gasteiger partial charge is 0.322 e. The van der Waals surface area contributed by atoms with Crippen LogP contribution in [0.2, 0.25) is 0 Å². The number of aromatic nitrogens is 4. The first kappa shape index (κ1) is 16.2. The summed E-state index contributed by atoms with van der Waals surface area (Å²) in [5.41, 5.74) is -0.0273. The summed E-state index contributed by atoms with van der Waals surface area (Å²) in [6.45, 7) is 1.77. The van der Waals surface area contributed by atoms with Gasteiger partial charge in [-0.15, -0.1) is 0 Å². The van der Waals surface area contributed by atoms with Crippen LogP contribution in [0.25, 0.3) is 0 Å². The SMILES string of the molecule is CCc1[nH]nc(C(=O)N[C@H]2CCCC[C@@H]2n2cccn2)c1[N+](=O)[O-]. The Bertz CT molecular complexity index is 724. The second kappa shape index (κ2) is 6.81. The molecule has 2 N–H and O–H groups in total. The first-order chi connectivity index (χ1) is 11.6. The zero-order valence-electron chi connectivity index (χ0n) is 13.4. The van der Waals surface area contributed by atoms with Crippen LogP contribution in [-0.2, 0) is 6.42 Å². The number of carbonyl (C=O) groups excluding carboxylic acids is 1. The van der Waals surface area contributed by atoms with Gasteiger partial charge in [0.25, 0.3) is 5.91 Å². The molecule has 128 valence electrons. The third kappa shape index (κ3) is 3.01. The van der Waals surface area contributed by atoms with Crippen molar-refractivity contribution in [3.63, 3.8) is 0 Å². The van der Waals surface area contributed by atoms with Crippen molar-refractivity contribution in [1.82, 2.24) is 25.3 Å². The molecule has 2 aromatic heterocycles. The molecule has 0 radical (unpaired) electrons. The topological polar surface area (TPSA) is 119 Å². The summed E-state index contributed by atoms with van der Waals surface area (Å²) in [7, 11) is 0. The number of H-pyrrole nitrogens is 1. The minimum atomic E-state index is -0.552. The van der Waals surface area contributed by atoms with E-state index in [0.29, 0.717) is 12.1 Å². The van der Waals surface area contributed by atoms with Crippen molar-refractivity contribution in [3.05, 3.63) is 40.0 Å². The zero-order chi connectivity index (χ0) is 17.1. The van der Waals surface area contributed by atoms with Crippen molar-refractivity contribution in [2.24, 2.45) is 0 Å². The molecule has 2 atom stereocenters. The van der Waals surface area contributed by atoms with Gasteiger partial charge in [0.05, 0.1) is 17.0 Å². The van der Waals surface area contributed by atoms with E-state index in [2.05, 4.69) is 20.6 Å². The second-order valence-corrected chi connectivity index (χ2v) is 5.93. The van der Waals surface area contributed by atoms with E-state index in [1.165, 1.54) is 0 Å². The van der Waals surface area contributed by atoms with Crippen LogP contribution in [0.1, 0.15) is 54.8 Å². The first-order valence-corrected chi connectivity index (χ1v) is 8.13. The van der Waals surface area contributed by atoms with E-state index in [0.717, 1.165) is 25.7 Å². The number of rotatable bonds is 5. The Morgan fingerprint density at radius 1 is 1.50 bits per heavy atom. The maximum Gasteiger partial charge on any atom is 0.322 e. The second-order valence-electron chi connectivity index (χ2n) is 5.93. The lowest BCUT2D eigenvalue weighted by Gasteiger charge is -2.32. The average Bonchev–Trinajstić information content (AvgIpc) is 3.24. The molecule has 0 aromatic carbocycles. The largest absolute Gasteiger partial charge is 0.346 e. The highest BCUT2D eigenvalue weighted by Gasteiger charge is 2.33. The number of nitro groups is 1. The molecule has 1 amide bonds. The molecule has 0 saturated heterocycles. The zero-order valence-corrected chi connectivity index (χ0v) is 13.4. The molecule has 0 unspecified atom stereocenters. The van der Waals surface area contributed by atoms with Crippen LogP contribution in [0.3, 0.4) is 0 Å². The molecule has 3 rings (SSSR count). The van der Waals surface area contributed by atoms with Gasteiger partial charge in [-0.2, -0.15) is 10.2 Å². The van der Waals surface area contributed by atoms with E-state index >= 15 is 0 Å². The van der Waals surface area contributed by atoms with Crippen molar-refractivity contribution >= 4 is 11.6 Å². The molecule has 1 aliphatic rings. The van der Waals surface area contributed by atoms with E-state index in [1.807, 2.05) is 16.9 Å². The maximum absolute atomic E-state index is 12.6. The number of hydrogen-bond acceptors (Lipinski definition) is 5. The Kier molecular flexibility index (Phi) is 4.59. The Morgan fingerprint density at radius 3 is 2.96 bits per heavy atom. The van der Waals surface area contributed by atoms with E-state index in [9.17, 15) is 14.9 Å². The van der Waals surface area contributed by atoms with E-state index in [1.54, 1.807) is 13.1 Å². The van der Waals surface area contributed by atoms with Gasteiger partial charge in [-0.1, -0.05) is 19.8 Å². The number of nitrogens with zero attached hydrogens (tertiary/aromatic N) is 4. The van der Waals surface area contributed by atoms with Gasteiger partial charge in [0.2, 0.25) is 5.69 Å². The lowest BCUT2D eigenvalue weighted by atomic mass is 9.90. The van der Waals surface area contributed by atoms with Gasteiger partial charge in [-0.3, -0.25) is 24.7 Å². The lowest BCUT2D eigenvalue weighted by Crippen LogP contribution is -2.43. The predicted octanol–water partition coefficient (Wildman–Crippen LogP) is 1.99. The predicted molar refractivity (Wildman–Crippen MR) is 85.6 cm³/mol. The Balaban J connectivity index is 1.81. The van der Waals surface area contributed by atoms with Gasteiger partial charge < -0.3 is 5.32 Å². The van der Waals surface area contributed by atoms with E-state index in [-0.39, 0.29) is 23.5 Å². The standard InChI is InChI=1S/C15H20N6O3/c1-2-10-14(21(23)24)13(19-18-10)15(22)17-11-6-3-4-7-12(11)20-9-5-8-16-20/h5,8-9,11-12H,2-4,6-7H2,1H3,(H,17,22)(H,18,19)/t11-,12-/m0/s1. The molecule has 1 fully saturated rings. The molecule has 0 bridgehead atoms. The van der Waals surface area contributed by atoms with Crippen molar-refractivity contribution in [2.75, 3.05) is 0 Å². The van der Waals surface area contributed by atoms with Crippen LogP contribution >= 0.6 is 0 Å². The van der Waals surface area contributed by atoms with Crippen LogP contribution < -0.4 is 5.32 Å². The average molecular weight is 332 g/mol. The third-order valence-corrected chi connectivity index (χ3v) is 4.47. The molecule has 1 saturated carbocycles. The van der Waals surface area contributed by atoms with Gasteiger partial charge in [0.15, 0.2) is 0 Å². The Labute approximate surface area is 138 Å². The number of nitrogens with one attached hydrogen (secondary N) is 2. The first-order valence-electron chi connectivity index (χ1n) is 8.13. The number of amides is 1. The highest BCUT2D eigenvalue weighted by atomic mass is 16.6. The Hall–Kier alpha value is -2.71. The number of aryl methyl sites for hydroxylation is 1. The Morgan fingerprint density at radius 2 is 2.29 bits per heavy atom. The summed E-state index contributed by atoms with van der Waals surface area (Å²) >= 11 is 0. The van der Waals surface area contributed by atoms with Gasteiger partial charge in [0.1, 0.15) is 5.69 Å². The van der Waals surface area contributed by atoms with Crippen LogP contribution in [0.15, 0.2) is 18.5 Å². The van der Waals surface area contributed by atoms with Crippen LogP contribution in [0, 0.1) is 10.1 Å². The number of carbonyl (C=O) groups is 1. The van der Waals surface area contributed by atoms with E-state index < -0.39 is 10.8 Å². The fraction of sp³-hybridized carbons (Fsp3) is 0.533. The minimum Gasteiger partial charge on any atom is -0.346 e. The summed E-state index contributed by atoms with van der Waals surface area (Å²) < 4.78 is 1.85. The monoisotopic (exact) mass is 332 g/mol. The lowest BCUT2D eigenvalue weighted by molar-refractivity contribution is -0.385. The number of hydrogen-bond donors (Lipinski definition) is 2. The highest BCUT2D eigenvalue weighted by Crippen LogP contribution is 2.29. The van der Waals surface area contributed by atoms with Crippen molar-refractivity contribution in [3.8, 4) is 0 Å². The molecule has 2 aromatic rings. The fourth-order valence-corrected chi connectivity index (χ4v) is 3.28. The van der Waals surface area contributed by atoms with Crippen molar-refractivity contribution in [1.29, 1.82) is 0 Å². The maximum atomic E-state index is 12.6. The summed E-state index contributed by atoms with van der Waals surface area (Å²) in [6, 6.07) is 1.79. The molecule has 1 aliphatic carbocycles. The van der Waals surface area contributed by atoms with Gasteiger partial charge >= 0.3 is 5.69 Å². The number of aromatic amines is 1. The molecule has 2 heterocycles. The summed E-state index contributed by atoms with van der Waals surface area (Å²) in [5, 5.41) is 24.9. The van der Waals surface area contributed by atoms with Crippen LogP contribution in [0.4, 0.5) is 5.69 Å². The molecule has 0 spiro atoms.